The van der Waals surface area contributed by atoms with E-state index in [1.54, 1.807) is 30.3 Å². The Morgan fingerprint density at radius 3 is 2.58 bits per heavy atom. The number of carbonyl (C=O) groups excluding carboxylic acids is 1. The molecule has 1 N–H and O–H groups in total. The summed E-state index contributed by atoms with van der Waals surface area (Å²) < 4.78 is 15.2. The van der Waals surface area contributed by atoms with Crippen LogP contribution in [0, 0.1) is 17.1 Å². The van der Waals surface area contributed by atoms with Crippen molar-refractivity contribution in [3.05, 3.63) is 71.8 Å². The second-order valence-electron chi connectivity index (χ2n) is 4.86. The van der Waals surface area contributed by atoms with Gasteiger partial charge in [0.1, 0.15) is 18.2 Å². The van der Waals surface area contributed by atoms with E-state index in [9.17, 15) is 14.4 Å². The predicted octanol–water partition coefficient (Wildman–Crippen LogP) is 1.80. The number of aromatic nitrogens is 4. The average molecular weight is 322 g/mol. The summed E-state index contributed by atoms with van der Waals surface area (Å²) in [6, 6.07) is 13.1. The van der Waals surface area contributed by atoms with E-state index in [1.165, 1.54) is 29.2 Å². The number of nitrogens with one attached hydrogen (secondary N) is 1. The molecular formula is C16H11FN6O. The molecule has 1 aromatic heterocycles. The highest BCUT2D eigenvalue weighted by atomic mass is 19.1. The normalized spacial score (nSPS) is 11.5. The van der Waals surface area contributed by atoms with Gasteiger partial charge in [0.2, 0.25) is 0 Å². The lowest BCUT2D eigenvalue weighted by atomic mass is 10.1. The van der Waals surface area contributed by atoms with Crippen LogP contribution < -0.4 is 5.32 Å². The Morgan fingerprint density at radius 2 is 1.96 bits per heavy atom. The van der Waals surface area contributed by atoms with Crippen LogP contribution in [0.1, 0.15) is 22.0 Å². The smallest absolute Gasteiger partial charge is 0.252 e. The lowest BCUT2D eigenvalue weighted by Gasteiger charge is -2.13. The lowest BCUT2D eigenvalue weighted by Crippen LogP contribution is -2.28. The van der Waals surface area contributed by atoms with E-state index < -0.39 is 17.8 Å². The summed E-state index contributed by atoms with van der Waals surface area (Å²) in [5, 5.41) is 22.5. The van der Waals surface area contributed by atoms with Crippen molar-refractivity contribution in [3.8, 4) is 11.8 Å². The molecule has 0 saturated carbocycles. The molecule has 0 spiro atoms. The monoisotopic (exact) mass is 322 g/mol. The molecule has 0 fully saturated rings. The number of benzene rings is 2. The molecule has 2 aromatic carbocycles. The van der Waals surface area contributed by atoms with Crippen molar-refractivity contribution in [2.45, 2.75) is 6.04 Å². The number of carbonyl (C=O) groups is 1. The average Bonchev–Trinajstić information content (AvgIpc) is 3.15. The second kappa shape index (κ2) is 6.66. The molecule has 0 aliphatic rings. The number of hydrogen-bond donors (Lipinski definition) is 1. The fourth-order valence-electron chi connectivity index (χ4n) is 2.15. The van der Waals surface area contributed by atoms with Crippen molar-refractivity contribution in [3.63, 3.8) is 0 Å². The number of hydrogen-bond acceptors (Lipinski definition) is 5. The third-order valence-corrected chi connectivity index (χ3v) is 3.36. The first-order chi connectivity index (χ1) is 11.7. The summed E-state index contributed by atoms with van der Waals surface area (Å²) in [5.74, 6) is -1.02. The van der Waals surface area contributed by atoms with Gasteiger partial charge in [-0.25, -0.2) is 9.07 Å². The minimum Gasteiger partial charge on any atom is -0.332 e. The summed E-state index contributed by atoms with van der Waals surface area (Å²) in [6.45, 7) is 0. The topological polar surface area (TPSA) is 96.5 Å². The van der Waals surface area contributed by atoms with Crippen LogP contribution in [0.3, 0.4) is 0 Å². The highest BCUT2D eigenvalue weighted by Gasteiger charge is 2.18. The minimum atomic E-state index is -1.07. The van der Waals surface area contributed by atoms with E-state index >= 15 is 0 Å². The van der Waals surface area contributed by atoms with E-state index in [2.05, 4.69) is 20.8 Å². The van der Waals surface area contributed by atoms with Crippen LogP contribution in [-0.2, 0) is 0 Å². The third kappa shape index (κ3) is 3.10. The molecule has 0 bridgehead atoms. The van der Waals surface area contributed by atoms with Gasteiger partial charge in [-0.15, -0.1) is 5.10 Å². The largest absolute Gasteiger partial charge is 0.332 e. The SMILES string of the molecule is N#C[C@H](NC(=O)c1ccc(-n2cnnn2)cc1)c1ccccc1F. The first-order valence-electron chi connectivity index (χ1n) is 6.97. The molecule has 3 rings (SSSR count). The third-order valence-electron chi connectivity index (χ3n) is 3.36. The summed E-state index contributed by atoms with van der Waals surface area (Å²) in [6.07, 6.45) is 1.43. The summed E-state index contributed by atoms with van der Waals surface area (Å²) in [5.41, 5.74) is 1.14. The molecular weight excluding hydrogens is 311 g/mol. The molecule has 1 atom stereocenters. The van der Waals surface area contributed by atoms with Gasteiger partial charge in [0.05, 0.1) is 11.8 Å². The molecule has 0 aliphatic carbocycles. The molecule has 8 heteroatoms. The van der Waals surface area contributed by atoms with Crippen molar-refractivity contribution >= 4 is 5.91 Å². The fraction of sp³-hybridized carbons (Fsp3) is 0.0625. The van der Waals surface area contributed by atoms with Gasteiger partial charge in [-0.05, 0) is 40.8 Å². The highest BCUT2D eigenvalue weighted by molar-refractivity contribution is 5.94. The van der Waals surface area contributed by atoms with Crippen molar-refractivity contribution in [1.29, 1.82) is 5.26 Å². The first kappa shape index (κ1) is 15.3. The predicted molar refractivity (Wildman–Crippen MR) is 81.4 cm³/mol. The maximum Gasteiger partial charge on any atom is 0.252 e. The Bertz CT molecular complexity index is 886. The Kier molecular flexibility index (Phi) is 4.25. The van der Waals surface area contributed by atoms with Gasteiger partial charge in [-0.2, -0.15) is 5.26 Å². The van der Waals surface area contributed by atoms with Gasteiger partial charge in [-0.3, -0.25) is 4.79 Å². The minimum absolute atomic E-state index is 0.124. The van der Waals surface area contributed by atoms with Gasteiger partial charge in [0, 0.05) is 11.1 Å². The fourth-order valence-corrected chi connectivity index (χ4v) is 2.15. The van der Waals surface area contributed by atoms with E-state index in [4.69, 9.17) is 0 Å². The van der Waals surface area contributed by atoms with E-state index in [0.717, 1.165) is 0 Å². The number of tetrazole rings is 1. The van der Waals surface area contributed by atoms with E-state index in [0.29, 0.717) is 11.3 Å². The van der Waals surface area contributed by atoms with Crippen molar-refractivity contribution in [2.75, 3.05) is 0 Å². The van der Waals surface area contributed by atoms with E-state index in [-0.39, 0.29) is 5.56 Å². The van der Waals surface area contributed by atoms with Crippen molar-refractivity contribution in [1.82, 2.24) is 25.5 Å². The number of amides is 1. The summed E-state index contributed by atoms with van der Waals surface area (Å²) in [4.78, 5) is 12.3. The molecule has 0 saturated heterocycles. The van der Waals surface area contributed by atoms with E-state index in [1.807, 2.05) is 6.07 Å². The molecule has 0 radical (unpaired) electrons. The molecule has 1 amide bonds. The van der Waals surface area contributed by atoms with Gasteiger partial charge < -0.3 is 5.32 Å². The van der Waals surface area contributed by atoms with Crippen LogP contribution in [0.25, 0.3) is 5.69 Å². The molecule has 0 aliphatic heterocycles. The second-order valence-corrected chi connectivity index (χ2v) is 4.86. The number of halogens is 1. The zero-order valence-corrected chi connectivity index (χ0v) is 12.3. The van der Waals surface area contributed by atoms with Crippen LogP contribution in [0.15, 0.2) is 54.9 Å². The Morgan fingerprint density at radius 1 is 1.21 bits per heavy atom. The Balaban J connectivity index is 1.77. The summed E-state index contributed by atoms with van der Waals surface area (Å²) >= 11 is 0. The highest BCUT2D eigenvalue weighted by Crippen LogP contribution is 2.17. The van der Waals surface area contributed by atoms with Crippen LogP contribution >= 0.6 is 0 Å². The van der Waals surface area contributed by atoms with Crippen LogP contribution in [0.5, 0.6) is 0 Å². The zero-order valence-electron chi connectivity index (χ0n) is 12.3. The van der Waals surface area contributed by atoms with Crippen molar-refractivity contribution < 1.29 is 9.18 Å². The quantitative estimate of drug-likeness (QED) is 0.790. The zero-order chi connectivity index (χ0) is 16.9. The number of rotatable bonds is 4. The van der Waals surface area contributed by atoms with Gasteiger partial charge in [0.15, 0.2) is 0 Å². The first-order valence-corrected chi connectivity index (χ1v) is 6.97. The lowest BCUT2D eigenvalue weighted by molar-refractivity contribution is 0.0944. The van der Waals surface area contributed by atoms with Gasteiger partial charge in [0.25, 0.3) is 5.91 Å². The summed E-state index contributed by atoms with van der Waals surface area (Å²) in [7, 11) is 0. The maximum absolute atomic E-state index is 13.8. The molecule has 0 unspecified atom stereocenters. The number of nitriles is 1. The van der Waals surface area contributed by atoms with Gasteiger partial charge >= 0.3 is 0 Å². The van der Waals surface area contributed by atoms with Gasteiger partial charge in [-0.1, -0.05) is 18.2 Å². The standard InChI is InChI=1S/C16H11FN6O/c17-14-4-2-1-3-13(14)15(9-18)20-16(24)11-5-7-12(8-6-11)23-10-19-21-22-23/h1-8,10,15H,(H,20,24)/t15-/m0/s1. The molecule has 7 nitrogen and oxygen atoms in total. The molecule has 1 heterocycles. The van der Waals surface area contributed by atoms with Crippen LogP contribution in [0.2, 0.25) is 0 Å². The molecule has 24 heavy (non-hydrogen) atoms. The van der Waals surface area contributed by atoms with Crippen molar-refractivity contribution in [2.24, 2.45) is 0 Å². The molecule has 3 aromatic rings. The van der Waals surface area contributed by atoms with Crippen LogP contribution in [-0.4, -0.2) is 26.1 Å². The maximum atomic E-state index is 13.8. The number of nitrogens with zero attached hydrogens (tertiary/aromatic N) is 5. The molecule has 118 valence electrons. The Hall–Kier alpha value is -3.60. The van der Waals surface area contributed by atoms with Crippen LogP contribution in [0.4, 0.5) is 4.39 Å². The Labute approximate surface area is 136 Å².